The highest BCUT2D eigenvalue weighted by Crippen LogP contribution is 2.56. The molecule has 0 radical (unpaired) electrons. The molecule has 46 heavy (non-hydrogen) atoms. The van der Waals surface area contributed by atoms with Gasteiger partial charge in [-0.1, -0.05) is 24.3 Å². The number of phosphoric acid groups is 1. The van der Waals surface area contributed by atoms with E-state index >= 15 is 0 Å². The topological polar surface area (TPSA) is 75.6 Å². The minimum Gasteiger partial charge on any atom is -0.493 e. The molecule has 3 rings (SSSR count). The number of halogens is 6. The third-order valence-electron chi connectivity index (χ3n) is 6.56. The maximum Gasteiger partial charge on any atom is 0.475 e. The van der Waals surface area contributed by atoms with Gasteiger partial charge in [-0.15, -0.1) is 0 Å². The number of hydrogen-bond donors (Lipinski definition) is 0. The number of ether oxygens (including phenoxy) is 2. The van der Waals surface area contributed by atoms with E-state index in [1.165, 1.54) is 24.3 Å². The number of nitrogens with zero attached hydrogens (tertiary/aromatic N) is 1. The van der Waals surface area contributed by atoms with Crippen LogP contribution in [0.3, 0.4) is 0 Å². The van der Waals surface area contributed by atoms with Crippen molar-refractivity contribution in [3.63, 3.8) is 0 Å². The Hall–Kier alpha value is -2.60. The second-order valence-corrected chi connectivity index (χ2v) is 14.8. The molecular formula is C32H42F6NO6P. The molecule has 1 aliphatic heterocycles. The number of aryl methyl sites for hydroxylation is 2. The fraction of sp³-hybridized carbons (Fsp3) is 0.594. The number of benzene rings is 2. The lowest BCUT2D eigenvalue weighted by molar-refractivity contribution is -0.139. The van der Waals surface area contributed by atoms with Crippen LogP contribution < -0.4 is 4.74 Å². The van der Waals surface area contributed by atoms with Gasteiger partial charge in [-0.25, -0.2) is 9.56 Å². The van der Waals surface area contributed by atoms with Gasteiger partial charge in [0.05, 0.1) is 35.5 Å². The molecule has 0 amide bonds. The Balaban J connectivity index is 1.70. The second kappa shape index (κ2) is 14.3. The van der Waals surface area contributed by atoms with Gasteiger partial charge in [0.2, 0.25) is 0 Å². The van der Waals surface area contributed by atoms with Crippen LogP contribution in [0.4, 0.5) is 26.3 Å². The maximum atomic E-state index is 14.0. The highest BCUT2D eigenvalue weighted by Gasteiger charge is 2.43. The summed E-state index contributed by atoms with van der Waals surface area (Å²) in [5.74, 6) is -0.0206. The predicted octanol–water partition coefficient (Wildman–Crippen LogP) is 9.61. The van der Waals surface area contributed by atoms with Gasteiger partial charge < -0.3 is 9.47 Å². The number of rotatable bonds is 13. The Labute approximate surface area is 266 Å². The van der Waals surface area contributed by atoms with E-state index in [0.717, 1.165) is 18.2 Å². The van der Waals surface area contributed by atoms with Crippen LogP contribution in [0.25, 0.3) is 0 Å². The zero-order valence-electron chi connectivity index (χ0n) is 27.1. The van der Waals surface area contributed by atoms with E-state index in [2.05, 4.69) is 4.99 Å². The van der Waals surface area contributed by atoms with Crippen molar-refractivity contribution in [1.29, 1.82) is 0 Å². The molecule has 1 heterocycles. The zero-order valence-corrected chi connectivity index (χ0v) is 28.0. The molecule has 2 aromatic rings. The van der Waals surface area contributed by atoms with Crippen LogP contribution in [0.5, 0.6) is 5.75 Å². The van der Waals surface area contributed by atoms with Gasteiger partial charge in [0.1, 0.15) is 17.9 Å². The Kier molecular flexibility index (Phi) is 11.7. The molecule has 0 saturated carbocycles. The second-order valence-electron chi connectivity index (χ2n) is 13.3. The van der Waals surface area contributed by atoms with Gasteiger partial charge in [-0.3, -0.25) is 13.6 Å². The summed E-state index contributed by atoms with van der Waals surface area (Å²) in [6.07, 6.45) is -8.45. The fourth-order valence-corrected chi connectivity index (χ4v) is 6.55. The van der Waals surface area contributed by atoms with Gasteiger partial charge in [0, 0.05) is 6.92 Å². The zero-order chi connectivity index (χ0) is 34.6. The Morgan fingerprint density at radius 2 is 1.50 bits per heavy atom. The van der Waals surface area contributed by atoms with Crippen molar-refractivity contribution in [2.75, 3.05) is 19.8 Å². The summed E-state index contributed by atoms with van der Waals surface area (Å²) in [6, 6.07) is 8.53. The van der Waals surface area contributed by atoms with Crippen LogP contribution >= 0.6 is 7.82 Å². The molecule has 0 N–H and O–H groups in total. The van der Waals surface area contributed by atoms with Crippen LogP contribution in [0.1, 0.15) is 83.6 Å². The van der Waals surface area contributed by atoms with E-state index in [-0.39, 0.29) is 51.3 Å². The molecule has 1 atom stereocenters. The lowest BCUT2D eigenvalue weighted by Gasteiger charge is -2.33. The van der Waals surface area contributed by atoms with Crippen molar-refractivity contribution in [2.45, 2.75) is 103 Å². The summed E-state index contributed by atoms with van der Waals surface area (Å²) in [7, 11) is -4.09. The van der Waals surface area contributed by atoms with Gasteiger partial charge in [-0.05, 0) is 96.6 Å². The van der Waals surface area contributed by atoms with Gasteiger partial charge in [0.25, 0.3) is 0 Å². The molecular weight excluding hydrogens is 639 g/mol. The van der Waals surface area contributed by atoms with Crippen LogP contribution in [-0.2, 0) is 48.1 Å². The van der Waals surface area contributed by atoms with Gasteiger partial charge in [0.15, 0.2) is 5.90 Å². The van der Waals surface area contributed by atoms with Crippen LogP contribution in [0, 0.1) is 0 Å². The van der Waals surface area contributed by atoms with Crippen LogP contribution in [-0.4, -0.2) is 42.5 Å². The van der Waals surface area contributed by atoms with E-state index in [4.69, 9.17) is 23.0 Å². The first-order chi connectivity index (χ1) is 21.0. The minimum atomic E-state index is -4.72. The van der Waals surface area contributed by atoms with Crippen molar-refractivity contribution >= 4 is 13.7 Å². The Morgan fingerprint density at radius 3 is 2.04 bits per heavy atom. The Bertz CT molecular complexity index is 1390. The van der Waals surface area contributed by atoms with Crippen molar-refractivity contribution < 1.29 is 54.0 Å². The van der Waals surface area contributed by atoms with Crippen molar-refractivity contribution in [2.24, 2.45) is 4.99 Å². The standard InChI is InChI=1S/C32H42F6NO6P/c1-22-39-30(20-42-22,21-43-46(40,44-28(2,3)4)45-29(5,6)7)16-15-24-13-14-27(26(19-24)32(36,37)38)41-17-9-11-23-10-8-12-25(18-23)31(33,34)35/h8,10,12-14,18-19H,9,11,15-17,20-21H2,1-7H3. The summed E-state index contributed by atoms with van der Waals surface area (Å²) in [4.78, 5) is 4.54. The summed E-state index contributed by atoms with van der Waals surface area (Å²) in [5.41, 5.74) is -3.79. The molecule has 0 aliphatic carbocycles. The van der Waals surface area contributed by atoms with E-state index in [0.29, 0.717) is 17.0 Å². The predicted molar refractivity (Wildman–Crippen MR) is 162 cm³/mol. The molecule has 1 aliphatic rings. The molecule has 0 aromatic heterocycles. The number of hydrogen-bond acceptors (Lipinski definition) is 7. The summed E-state index contributed by atoms with van der Waals surface area (Å²) in [6.45, 7) is 11.6. The average Bonchev–Trinajstić information content (AvgIpc) is 3.27. The number of aliphatic imine (C=N–C) groups is 1. The van der Waals surface area contributed by atoms with E-state index < -0.39 is 48.0 Å². The van der Waals surface area contributed by atoms with Crippen LogP contribution in [0.2, 0.25) is 0 Å². The maximum absolute atomic E-state index is 14.0. The largest absolute Gasteiger partial charge is 0.493 e. The SMILES string of the molecule is CC1=NC(CCc2ccc(OCCCc3cccc(C(F)(F)F)c3)c(C(F)(F)F)c2)(COP(=O)(OC(C)(C)C)OC(C)(C)C)CO1. The first-order valence-electron chi connectivity index (χ1n) is 14.8. The summed E-state index contributed by atoms with van der Waals surface area (Å²) < 4.78 is 123. The third kappa shape index (κ3) is 11.9. The highest BCUT2D eigenvalue weighted by atomic mass is 31.2. The lowest BCUT2D eigenvalue weighted by atomic mass is 9.93. The van der Waals surface area contributed by atoms with Crippen molar-refractivity contribution in [1.82, 2.24) is 0 Å². The normalized spacial score (nSPS) is 18.0. The monoisotopic (exact) mass is 681 g/mol. The van der Waals surface area contributed by atoms with Gasteiger partial charge in [-0.2, -0.15) is 26.3 Å². The van der Waals surface area contributed by atoms with Crippen molar-refractivity contribution in [3.8, 4) is 5.75 Å². The molecule has 0 spiro atoms. The van der Waals surface area contributed by atoms with E-state index in [9.17, 15) is 30.9 Å². The molecule has 0 saturated heterocycles. The molecule has 0 fully saturated rings. The first-order valence-corrected chi connectivity index (χ1v) is 16.3. The number of alkyl halides is 6. The average molecular weight is 682 g/mol. The first kappa shape index (κ1) is 37.9. The summed E-state index contributed by atoms with van der Waals surface area (Å²) >= 11 is 0. The summed E-state index contributed by atoms with van der Waals surface area (Å²) in [5, 5.41) is 0. The fourth-order valence-electron chi connectivity index (χ4n) is 4.67. The quantitative estimate of drug-likeness (QED) is 0.119. The highest BCUT2D eigenvalue weighted by molar-refractivity contribution is 7.48. The smallest absolute Gasteiger partial charge is 0.475 e. The van der Waals surface area contributed by atoms with Gasteiger partial charge >= 0.3 is 20.2 Å². The third-order valence-corrected chi connectivity index (χ3v) is 8.55. The molecule has 258 valence electrons. The molecule has 14 heteroatoms. The Morgan fingerprint density at radius 1 is 0.870 bits per heavy atom. The molecule has 2 aromatic carbocycles. The molecule has 0 bridgehead atoms. The van der Waals surface area contributed by atoms with E-state index in [1.54, 1.807) is 48.5 Å². The number of phosphoric ester groups is 1. The van der Waals surface area contributed by atoms with E-state index in [1.807, 2.05) is 0 Å². The molecule has 7 nitrogen and oxygen atoms in total. The van der Waals surface area contributed by atoms with Crippen LogP contribution in [0.15, 0.2) is 47.5 Å². The minimum absolute atomic E-state index is 0.0586. The van der Waals surface area contributed by atoms with Crippen molar-refractivity contribution in [3.05, 3.63) is 64.7 Å². The lowest BCUT2D eigenvalue weighted by Crippen LogP contribution is -2.36. The molecule has 1 unspecified atom stereocenters.